The van der Waals surface area contributed by atoms with Gasteiger partial charge in [0.05, 0.1) is 13.2 Å². The van der Waals surface area contributed by atoms with Crippen LogP contribution in [0.15, 0.2) is 36.5 Å². The largest absolute Gasteiger partial charge is 0.480 e. The van der Waals surface area contributed by atoms with Crippen LogP contribution in [0.25, 0.3) is 0 Å². The lowest BCUT2D eigenvalue weighted by atomic mass is 10.0. The molecule has 0 aliphatic carbocycles. The van der Waals surface area contributed by atoms with Crippen molar-refractivity contribution in [1.29, 1.82) is 0 Å². The number of ether oxygens (including phenoxy) is 1. The van der Waals surface area contributed by atoms with E-state index in [1.54, 1.807) is 0 Å². The number of allylic oxidation sites excluding steroid dienone is 5. The summed E-state index contributed by atoms with van der Waals surface area (Å²) in [4.78, 5) is 47.5. The second kappa shape index (κ2) is 41.7. The fraction of sp³-hybridized carbons (Fsp3) is 0.787. The molecule has 2 unspecified atom stereocenters. The topological polar surface area (TPSA) is 142 Å². The van der Waals surface area contributed by atoms with Gasteiger partial charge in [-0.2, -0.15) is 0 Å². The number of hydrogen-bond acceptors (Lipinski definition) is 6. The first kappa shape index (κ1) is 53.1. The average Bonchev–Trinajstić information content (AvgIpc) is 3.18. The number of esters is 1. The summed E-state index contributed by atoms with van der Waals surface area (Å²) in [6.45, 7) is 3.45. The Morgan fingerprint density at radius 3 is 1.57 bits per heavy atom. The van der Waals surface area contributed by atoms with Crippen LogP contribution in [0.5, 0.6) is 0 Å². The van der Waals surface area contributed by atoms with E-state index in [9.17, 15) is 19.2 Å². The van der Waals surface area contributed by atoms with Gasteiger partial charge in [-0.3, -0.25) is 14.4 Å². The predicted molar refractivity (Wildman–Crippen MR) is 231 cm³/mol. The lowest BCUT2D eigenvalue weighted by Gasteiger charge is -2.15. The molecule has 0 aliphatic rings. The SMILES string of the molecule is CCCCC/C=C\C/C=C\CCCCCCCCCCCC(=O)OC(/C=C\CCCCCCCC)CCCCCCCCC(=O)NCC(=O)NC(CO)C(=O)O. The third-order valence-corrected chi connectivity index (χ3v) is 10.1. The van der Waals surface area contributed by atoms with Crippen molar-refractivity contribution in [1.82, 2.24) is 10.6 Å². The molecular formula is C47H84N2O7. The van der Waals surface area contributed by atoms with Gasteiger partial charge in [-0.25, -0.2) is 4.79 Å². The summed E-state index contributed by atoms with van der Waals surface area (Å²) in [7, 11) is 0. The molecule has 0 rings (SSSR count). The third kappa shape index (κ3) is 38.0. The first-order valence-electron chi connectivity index (χ1n) is 22.9. The molecule has 0 aliphatic heterocycles. The Morgan fingerprint density at radius 2 is 1.02 bits per heavy atom. The fourth-order valence-electron chi connectivity index (χ4n) is 6.54. The quantitative estimate of drug-likeness (QED) is 0.0274. The monoisotopic (exact) mass is 789 g/mol. The van der Waals surface area contributed by atoms with Crippen LogP contribution in [0.1, 0.15) is 213 Å². The van der Waals surface area contributed by atoms with Gasteiger partial charge < -0.3 is 25.6 Å². The van der Waals surface area contributed by atoms with Crippen LogP contribution in [0.2, 0.25) is 0 Å². The number of carbonyl (C=O) groups is 4. The summed E-state index contributed by atoms with van der Waals surface area (Å²) >= 11 is 0. The van der Waals surface area contributed by atoms with Crippen molar-refractivity contribution in [3.63, 3.8) is 0 Å². The number of carbonyl (C=O) groups excluding carboxylic acids is 3. The maximum Gasteiger partial charge on any atom is 0.328 e. The number of unbranched alkanes of at least 4 members (excludes halogenated alkanes) is 23. The van der Waals surface area contributed by atoms with E-state index in [1.165, 1.54) is 116 Å². The number of hydrogen-bond donors (Lipinski definition) is 4. The summed E-state index contributed by atoms with van der Waals surface area (Å²) in [5.74, 6) is -2.32. The molecule has 56 heavy (non-hydrogen) atoms. The van der Waals surface area contributed by atoms with Crippen LogP contribution in [0.4, 0.5) is 0 Å². The van der Waals surface area contributed by atoms with Gasteiger partial charge in [0.1, 0.15) is 12.1 Å². The van der Waals surface area contributed by atoms with Gasteiger partial charge in [-0.15, -0.1) is 0 Å². The Balaban J connectivity index is 4.17. The standard InChI is InChI=1S/C47H84N2O7/c1-3-5-7-9-11-13-14-15-16-17-18-19-20-21-22-23-25-31-35-39-46(53)56-42(36-32-28-24-12-10-8-6-4-2)37-33-29-26-27-30-34-38-44(51)48-40-45(52)49-43(41-50)47(54)55/h11,13,15-16,32,36,42-43,50H,3-10,12,14,17-31,33-35,37-41H2,1-2H3,(H,48,51)(H,49,52)(H,54,55)/b13-11-,16-15-,36-32-. The molecule has 0 aromatic heterocycles. The minimum Gasteiger partial charge on any atom is -0.480 e. The first-order valence-corrected chi connectivity index (χ1v) is 22.9. The number of aliphatic carboxylic acids is 1. The van der Waals surface area contributed by atoms with Gasteiger partial charge >= 0.3 is 11.9 Å². The Morgan fingerprint density at radius 1 is 0.554 bits per heavy atom. The van der Waals surface area contributed by atoms with Gasteiger partial charge in [0.15, 0.2) is 0 Å². The van der Waals surface area contributed by atoms with E-state index >= 15 is 0 Å². The molecule has 2 amide bonds. The third-order valence-electron chi connectivity index (χ3n) is 10.1. The molecule has 0 bridgehead atoms. The van der Waals surface area contributed by atoms with Crippen LogP contribution >= 0.6 is 0 Å². The molecule has 0 radical (unpaired) electrons. The highest BCUT2D eigenvalue weighted by Gasteiger charge is 2.18. The highest BCUT2D eigenvalue weighted by atomic mass is 16.5. The van der Waals surface area contributed by atoms with Crippen molar-refractivity contribution in [2.45, 2.75) is 225 Å². The maximum absolute atomic E-state index is 12.8. The zero-order chi connectivity index (χ0) is 41.2. The fourth-order valence-corrected chi connectivity index (χ4v) is 6.54. The highest BCUT2D eigenvalue weighted by molar-refractivity contribution is 5.87. The molecule has 9 nitrogen and oxygen atoms in total. The van der Waals surface area contributed by atoms with E-state index in [2.05, 4.69) is 60.9 Å². The van der Waals surface area contributed by atoms with Gasteiger partial charge in [-0.1, -0.05) is 160 Å². The van der Waals surface area contributed by atoms with Crippen molar-refractivity contribution in [3.05, 3.63) is 36.5 Å². The average molecular weight is 789 g/mol. The second-order valence-electron chi connectivity index (χ2n) is 15.5. The van der Waals surface area contributed by atoms with Crippen LogP contribution in [0, 0.1) is 0 Å². The van der Waals surface area contributed by atoms with E-state index in [0.717, 1.165) is 64.2 Å². The molecular weight excluding hydrogens is 705 g/mol. The summed E-state index contributed by atoms with van der Waals surface area (Å²) < 4.78 is 5.95. The number of rotatable bonds is 41. The molecule has 0 aromatic carbocycles. The number of nitrogens with one attached hydrogen (secondary N) is 2. The van der Waals surface area contributed by atoms with Crippen LogP contribution in [0.3, 0.4) is 0 Å². The molecule has 0 saturated carbocycles. The Kier molecular flexibility index (Phi) is 39.5. The van der Waals surface area contributed by atoms with E-state index in [4.69, 9.17) is 14.9 Å². The van der Waals surface area contributed by atoms with Crippen molar-refractivity contribution in [3.8, 4) is 0 Å². The van der Waals surface area contributed by atoms with Crippen molar-refractivity contribution in [2.24, 2.45) is 0 Å². The van der Waals surface area contributed by atoms with Crippen molar-refractivity contribution < 1.29 is 34.1 Å². The zero-order valence-corrected chi connectivity index (χ0v) is 35.9. The molecule has 0 spiro atoms. The lowest BCUT2D eigenvalue weighted by molar-refractivity contribution is -0.147. The molecule has 0 aromatic rings. The normalized spacial score (nSPS) is 12.8. The first-order chi connectivity index (χ1) is 27.3. The number of aliphatic hydroxyl groups excluding tert-OH is 1. The van der Waals surface area contributed by atoms with Crippen molar-refractivity contribution in [2.75, 3.05) is 13.2 Å². The highest BCUT2D eigenvalue weighted by Crippen LogP contribution is 2.16. The molecule has 9 heteroatoms. The molecule has 2 atom stereocenters. The minimum absolute atomic E-state index is 0.0814. The minimum atomic E-state index is -1.38. The van der Waals surface area contributed by atoms with E-state index in [-0.39, 0.29) is 24.5 Å². The summed E-state index contributed by atoms with van der Waals surface area (Å²) in [6.07, 6.45) is 47.7. The maximum atomic E-state index is 12.8. The number of aliphatic hydroxyl groups is 1. The Bertz CT molecular complexity index is 1040. The summed E-state index contributed by atoms with van der Waals surface area (Å²) in [6, 6.07) is -1.38. The number of amides is 2. The van der Waals surface area contributed by atoms with E-state index < -0.39 is 24.5 Å². The molecule has 0 saturated heterocycles. The lowest BCUT2D eigenvalue weighted by Crippen LogP contribution is -2.47. The van der Waals surface area contributed by atoms with Gasteiger partial charge in [0.2, 0.25) is 11.8 Å². The number of carboxylic acids is 1. The zero-order valence-electron chi connectivity index (χ0n) is 35.9. The van der Waals surface area contributed by atoms with E-state index in [1.807, 2.05) is 0 Å². The molecule has 324 valence electrons. The van der Waals surface area contributed by atoms with Crippen molar-refractivity contribution >= 4 is 23.8 Å². The number of carboxylic acid groups (broad SMARTS) is 1. The Hall–Kier alpha value is -2.94. The summed E-state index contributed by atoms with van der Waals surface area (Å²) in [5.41, 5.74) is 0. The van der Waals surface area contributed by atoms with Gasteiger partial charge in [-0.05, 0) is 76.7 Å². The molecule has 0 heterocycles. The van der Waals surface area contributed by atoms with Gasteiger partial charge in [0.25, 0.3) is 0 Å². The second-order valence-corrected chi connectivity index (χ2v) is 15.5. The van der Waals surface area contributed by atoms with Crippen LogP contribution in [-0.4, -0.2) is 59.3 Å². The molecule has 4 N–H and O–H groups in total. The van der Waals surface area contributed by atoms with Gasteiger partial charge in [0, 0.05) is 12.8 Å². The smallest absolute Gasteiger partial charge is 0.328 e. The summed E-state index contributed by atoms with van der Waals surface area (Å²) in [5, 5.41) is 22.5. The predicted octanol–water partition coefficient (Wildman–Crippen LogP) is 11.4. The van der Waals surface area contributed by atoms with E-state index in [0.29, 0.717) is 19.3 Å². The molecule has 0 fully saturated rings. The Labute approximate surface area is 342 Å². The van der Waals surface area contributed by atoms with Crippen LogP contribution in [-0.2, 0) is 23.9 Å². The van der Waals surface area contributed by atoms with Crippen LogP contribution < -0.4 is 10.6 Å².